The summed E-state index contributed by atoms with van der Waals surface area (Å²) in [6.45, 7) is 1.96. The van der Waals surface area contributed by atoms with Gasteiger partial charge in [-0.1, -0.05) is 35.5 Å². The van der Waals surface area contributed by atoms with Gasteiger partial charge >= 0.3 is 0 Å². The van der Waals surface area contributed by atoms with Gasteiger partial charge < -0.3 is 0 Å². The van der Waals surface area contributed by atoms with Crippen molar-refractivity contribution >= 4 is 28.5 Å². The first-order valence-electron chi connectivity index (χ1n) is 4.69. The molecule has 0 aliphatic heterocycles. The molecule has 1 aromatic rings. The minimum absolute atomic E-state index is 0.0259. The molecule has 5 heteroatoms. The molecular weight excluding hydrogens is 242 g/mol. The highest BCUT2D eigenvalue weighted by Gasteiger charge is 2.05. The van der Waals surface area contributed by atoms with E-state index in [0.29, 0.717) is 10.2 Å². The zero-order valence-corrected chi connectivity index (χ0v) is 10.6. The number of thioether (sulfide) groups is 1. The SMILES string of the molecule is CSC(=NC(C)c1cccc(Cl)c1)NC#N. The van der Waals surface area contributed by atoms with E-state index in [1.807, 2.05) is 43.6 Å². The third kappa shape index (κ3) is 3.76. The number of amidine groups is 1. The van der Waals surface area contributed by atoms with Crippen molar-refractivity contribution in [2.45, 2.75) is 13.0 Å². The van der Waals surface area contributed by atoms with Gasteiger partial charge in [-0.3, -0.25) is 10.3 Å². The maximum atomic E-state index is 8.52. The van der Waals surface area contributed by atoms with Crippen LogP contribution in [0.5, 0.6) is 0 Å². The summed E-state index contributed by atoms with van der Waals surface area (Å²) in [4.78, 5) is 4.38. The van der Waals surface area contributed by atoms with Crippen molar-refractivity contribution in [3.63, 3.8) is 0 Å². The van der Waals surface area contributed by atoms with Gasteiger partial charge in [0.05, 0.1) is 6.04 Å². The van der Waals surface area contributed by atoms with Crippen LogP contribution >= 0.6 is 23.4 Å². The molecule has 0 saturated carbocycles. The number of nitrogens with zero attached hydrogens (tertiary/aromatic N) is 2. The van der Waals surface area contributed by atoms with Crippen molar-refractivity contribution in [2.24, 2.45) is 4.99 Å². The van der Waals surface area contributed by atoms with Crippen molar-refractivity contribution in [3.8, 4) is 6.19 Å². The molecule has 84 valence electrons. The predicted molar refractivity (Wildman–Crippen MR) is 69.6 cm³/mol. The molecule has 0 aromatic heterocycles. The van der Waals surface area contributed by atoms with Crippen LogP contribution < -0.4 is 5.32 Å². The molecular formula is C11H12ClN3S. The monoisotopic (exact) mass is 253 g/mol. The van der Waals surface area contributed by atoms with Crippen molar-refractivity contribution in [3.05, 3.63) is 34.9 Å². The lowest BCUT2D eigenvalue weighted by Crippen LogP contribution is -2.14. The molecule has 1 N–H and O–H groups in total. The molecule has 0 aliphatic carbocycles. The Bertz CT molecular complexity index is 425. The first-order valence-corrected chi connectivity index (χ1v) is 6.30. The van der Waals surface area contributed by atoms with Crippen molar-refractivity contribution in [1.82, 2.24) is 5.32 Å². The van der Waals surface area contributed by atoms with E-state index < -0.39 is 0 Å². The first-order chi connectivity index (χ1) is 7.67. The third-order valence-corrected chi connectivity index (χ3v) is 2.83. The van der Waals surface area contributed by atoms with Crippen LogP contribution in [-0.4, -0.2) is 11.4 Å². The smallest absolute Gasteiger partial charge is 0.183 e. The van der Waals surface area contributed by atoms with Gasteiger partial charge in [0.25, 0.3) is 0 Å². The zero-order valence-electron chi connectivity index (χ0n) is 9.07. The number of benzene rings is 1. The second kappa shape index (κ2) is 6.41. The minimum atomic E-state index is -0.0259. The standard InChI is InChI=1S/C11H12ClN3S/c1-8(15-11(16-2)14-7-13)9-4-3-5-10(12)6-9/h3-6,8H,1-2H3,(H,14,15). The predicted octanol–water partition coefficient (Wildman–Crippen LogP) is 3.19. The third-order valence-electron chi connectivity index (χ3n) is 2.00. The molecule has 16 heavy (non-hydrogen) atoms. The van der Waals surface area contributed by atoms with E-state index >= 15 is 0 Å². The number of halogens is 1. The summed E-state index contributed by atoms with van der Waals surface area (Å²) >= 11 is 7.30. The second-order valence-corrected chi connectivity index (χ2v) is 4.34. The van der Waals surface area contributed by atoms with Gasteiger partial charge in [-0.05, 0) is 30.9 Å². The maximum absolute atomic E-state index is 8.52. The highest BCUT2D eigenvalue weighted by molar-refractivity contribution is 8.13. The number of rotatable bonds is 2. The van der Waals surface area contributed by atoms with E-state index in [9.17, 15) is 0 Å². The average Bonchev–Trinajstić information content (AvgIpc) is 2.28. The number of aliphatic imine (C=N–C) groups is 1. The van der Waals surface area contributed by atoms with E-state index in [4.69, 9.17) is 16.9 Å². The van der Waals surface area contributed by atoms with Crippen LogP contribution in [-0.2, 0) is 0 Å². The van der Waals surface area contributed by atoms with Gasteiger partial charge in [0, 0.05) is 5.02 Å². The lowest BCUT2D eigenvalue weighted by Gasteiger charge is -2.09. The van der Waals surface area contributed by atoms with E-state index in [2.05, 4.69) is 10.3 Å². The molecule has 0 saturated heterocycles. The molecule has 0 heterocycles. The first kappa shape index (κ1) is 12.9. The Morgan fingerprint density at radius 3 is 2.94 bits per heavy atom. The van der Waals surface area contributed by atoms with Crippen molar-refractivity contribution in [1.29, 1.82) is 5.26 Å². The van der Waals surface area contributed by atoms with Gasteiger partial charge in [-0.15, -0.1) is 0 Å². The van der Waals surface area contributed by atoms with Crippen molar-refractivity contribution < 1.29 is 0 Å². The Morgan fingerprint density at radius 1 is 1.62 bits per heavy atom. The summed E-state index contributed by atoms with van der Waals surface area (Å²) in [5.41, 5.74) is 1.03. The van der Waals surface area contributed by atoms with E-state index in [1.165, 1.54) is 11.8 Å². The van der Waals surface area contributed by atoms with Crippen LogP contribution in [0.4, 0.5) is 0 Å². The summed E-state index contributed by atoms with van der Waals surface area (Å²) < 4.78 is 0. The van der Waals surface area contributed by atoms with Crippen LogP contribution in [0.15, 0.2) is 29.3 Å². The minimum Gasteiger partial charge on any atom is -0.272 e. The largest absolute Gasteiger partial charge is 0.272 e. The quantitative estimate of drug-likeness (QED) is 0.381. The van der Waals surface area contributed by atoms with E-state index in [0.717, 1.165) is 5.56 Å². The highest BCUT2D eigenvalue weighted by atomic mass is 35.5. The zero-order chi connectivity index (χ0) is 12.0. The second-order valence-electron chi connectivity index (χ2n) is 3.11. The van der Waals surface area contributed by atoms with Crippen LogP contribution in [0.2, 0.25) is 5.02 Å². The van der Waals surface area contributed by atoms with Crippen LogP contribution in [0.25, 0.3) is 0 Å². The van der Waals surface area contributed by atoms with E-state index in [1.54, 1.807) is 0 Å². The summed E-state index contributed by atoms with van der Waals surface area (Å²) in [5, 5.41) is 12.4. The fourth-order valence-corrected chi connectivity index (χ4v) is 1.81. The summed E-state index contributed by atoms with van der Waals surface area (Å²) in [6.07, 6.45) is 3.73. The highest BCUT2D eigenvalue weighted by Crippen LogP contribution is 2.21. The van der Waals surface area contributed by atoms with E-state index in [-0.39, 0.29) is 6.04 Å². The molecule has 0 aliphatic rings. The molecule has 3 nitrogen and oxygen atoms in total. The Morgan fingerprint density at radius 2 is 2.38 bits per heavy atom. The molecule has 0 spiro atoms. The van der Waals surface area contributed by atoms with Crippen molar-refractivity contribution in [2.75, 3.05) is 6.26 Å². The van der Waals surface area contributed by atoms with Gasteiger partial charge in [-0.25, -0.2) is 0 Å². The Balaban J connectivity index is 2.86. The lowest BCUT2D eigenvalue weighted by molar-refractivity contribution is 0.818. The van der Waals surface area contributed by atoms with Gasteiger partial charge in [-0.2, -0.15) is 5.26 Å². The Labute approximate surface area is 105 Å². The summed E-state index contributed by atoms with van der Waals surface area (Å²) in [5.74, 6) is 0. The maximum Gasteiger partial charge on any atom is 0.183 e. The number of nitrogens with one attached hydrogen (secondary N) is 1. The van der Waals surface area contributed by atoms with Gasteiger partial charge in [0.1, 0.15) is 0 Å². The normalized spacial score (nSPS) is 13.0. The lowest BCUT2D eigenvalue weighted by atomic mass is 10.1. The molecule has 0 bridgehead atoms. The Kier molecular flexibility index (Phi) is 5.17. The number of hydrogen-bond acceptors (Lipinski definition) is 3. The number of nitriles is 1. The summed E-state index contributed by atoms with van der Waals surface area (Å²) in [7, 11) is 0. The van der Waals surface area contributed by atoms with Crippen LogP contribution in [0.3, 0.4) is 0 Å². The topological polar surface area (TPSA) is 48.2 Å². The summed E-state index contributed by atoms with van der Waals surface area (Å²) in [6, 6.07) is 7.52. The molecule has 1 rings (SSSR count). The van der Waals surface area contributed by atoms with Crippen LogP contribution in [0.1, 0.15) is 18.5 Å². The van der Waals surface area contributed by atoms with Gasteiger partial charge in [0.15, 0.2) is 11.4 Å². The molecule has 0 amide bonds. The van der Waals surface area contributed by atoms with Gasteiger partial charge in [0.2, 0.25) is 0 Å². The fraction of sp³-hybridized carbons (Fsp3) is 0.273. The average molecular weight is 254 g/mol. The fourth-order valence-electron chi connectivity index (χ4n) is 1.20. The van der Waals surface area contributed by atoms with Crippen LogP contribution in [0, 0.1) is 11.5 Å². The Hall–Kier alpha value is -1.18. The molecule has 0 radical (unpaired) electrons. The molecule has 1 atom stereocenters. The molecule has 0 fully saturated rings. The number of hydrogen-bond donors (Lipinski definition) is 1. The molecule has 1 unspecified atom stereocenters. The molecule has 1 aromatic carbocycles.